The van der Waals surface area contributed by atoms with Crippen LogP contribution in [0.1, 0.15) is 53.4 Å². The maximum Gasteiger partial charge on any atom is 0.329 e. The molecular formula is C14H25NO3S. The van der Waals surface area contributed by atoms with E-state index in [1.165, 1.54) is 11.8 Å². The van der Waals surface area contributed by atoms with Crippen LogP contribution in [-0.2, 0) is 9.59 Å². The molecule has 1 fully saturated rings. The summed E-state index contributed by atoms with van der Waals surface area (Å²) in [5.41, 5.74) is -1.05. The van der Waals surface area contributed by atoms with Crippen molar-refractivity contribution in [3.8, 4) is 0 Å². The number of hydrogen-bond acceptors (Lipinski definition) is 3. The average molecular weight is 287 g/mol. The van der Waals surface area contributed by atoms with Gasteiger partial charge < -0.3 is 10.4 Å². The highest BCUT2D eigenvalue weighted by atomic mass is 32.2. The number of carbonyl (C=O) groups excluding carboxylic acids is 1. The van der Waals surface area contributed by atoms with E-state index in [0.29, 0.717) is 24.5 Å². The highest BCUT2D eigenvalue weighted by molar-refractivity contribution is 8.01. The van der Waals surface area contributed by atoms with E-state index in [2.05, 4.69) is 5.32 Å². The van der Waals surface area contributed by atoms with Gasteiger partial charge in [-0.2, -0.15) is 0 Å². The number of carboxylic acid groups (broad SMARTS) is 1. The van der Waals surface area contributed by atoms with Gasteiger partial charge in [0.1, 0.15) is 5.54 Å². The van der Waals surface area contributed by atoms with Crippen LogP contribution in [0.3, 0.4) is 0 Å². The zero-order valence-electron chi connectivity index (χ0n) is 12.3. The van der Waals surface area contributed by atoms with Gasteiger partial charge in [-0.05, 0) is 18.8 Å². The highest BCUT2D eigenvalue weighted by Crippen LogP contribution is 2.33. The predicted molar refractivity (Wildman–Crippen MR) is 78.4 cm³/mol. The minimum Gasteiger partial charge on any atom is -0.480 e. The number of rotatable bonds is 4. The number of thioether (sulfide) groups is 1. The third-order valence-corrected chi connectivity index (χ3v) is 4.69. The second-order valence-corrected chi connectivity index (χ2v) is 8.34. The van der Waals surface area contributed by atoms with E-state index < -0.39 is 11.5 Å². The normalized spacial score (nSPS) is 27.9. The molecule has 0 heterocycles. The van der Waals surface area contributed by atoms with Gasteiger partial charge in [0.05, 0.1) is 5.75 Å². The number of aliphatic carboxylic acids is 1. The molecule has 4 nitrogen and oxygen atoms in total. The van der Waals surface area contributed by atoms with Crippen molar-refractivity contribution in [1.29, 1.82) is 0 Å². The Balaban J connectivity index is 2.64. The van der Waals surface area contributed by atoms with E-state index >= 15 is 0 Å². The smallest absolute Gasteiger partial charge is 0.329 e. The fraction of sp³-hybridized carbons (Fsp3) is 0.857. The first kappa shape index (κ1) is 16.3. The summed E-state index contributed by atoms with van der Waals surface area (Å²) in [5, 5.41) is 12.2. The Labute approximate surface area is 119 Å². The van der Waals surface area contributed by atoms with E-state index in [1.807, 2.05) is 27.7 Å². The third kappa shape index (κ3) is 5.05. The van der Waals surface area contributed by atoms with Gasteiger partial charge >= 0.3 is 5.97 Å². The first-order valence-corrected chi connectivity index (χ1v) is 7.81. The average Bonchev–Trinajstić information content (AvgIpc) is 2.25. The molecule has 0 radical (unpaired) electrons. The van der Waals surface area contributed by atoms with Crippen LogP contribution in [0.5, 0.6) is 0 Å². The van der Waals surface area contributed by atoms with Crippen molar-refractivity contribution in [2.75, 3.05) is 5.75 Å². The van der Waals surface area contributed by atoms with E-state index in [-0.39, 0.29) is 10.7 Å². The largest absolute Gasteiger partial charge is 0.480 e. The lowest BCUT2D eigenvalue weighted by molar-refractivity contribution is -0.149. The number of carboxylic acids is 1. The van der Waals surface area contributed by atoms with Gasteiger partial charge in [-0.1, -0.05) is 40.5 Å². The van der Waals surface area contributed by atoms with Gasteiger partial charge in [0, 0.05) is 4.75 Å². The number of carbonyl (C=O) groups is 2. The summed E-state index contributed by atoms with van der Waals surface area (Å²) in [7, 11) is 0. The van der Waals surface area contributed by atoms with Crippen LogP contribution in [-0.4, -0.2) is 33.0 Å². The molecule has 0 spiro atoms. The Morgan fingerprint density at radius 2 is 2.05 bits per heavy atom. The van der Waals surface area contributed by atoms with Gasteiger partial charge in [0.2, 0.25) is 5.91 Å². The molecule has 0 saturated heterocycles. The van der Waals surface area contributed by atoms with Crippen molar-refractivity contribution in [3.05, 3.63) is 0 Å². The maximum atomic E-state index is 12.0. The number of amides is 1. The SMILES string of the molecule is CC1CCCC(NC(=O)CSC(C)(C)C)(C(=O)O)C1. The summed E-state index contributed by atoms with van der Waals surface area (Å²) in [6.07, 6.45) is 2.98. The van der Waals surface area contributed by atoms with Gasteiger partial charge in [-0.25, -0.2) is 4.79 Å². The van der Waals surface area contributed by atoms with E-state index in [4.69, 9.17) is 0 Å². The maximum absolute atomic E-state index is 12.0. The van der Waals surface area contributed by atoms with Gasteiger partial charge in [-0.15, -0.1) is 11.8 Å². The summed E-state index contributed by atoms with van der Waals surface area (Å²) in [6.45, 7) is 8.18. The van der Waals surface area contributed by atoms with Gasteiger partial charge in [-0.3, -0.25) is 4.79 Å². The fourth-order valence-corrected chi connectivity index (χ4v) is 3.13. The summed E-state index contributed by atoms with van der Waals surface area (Å²) < 4.78 is 0.00752. The lowest BCUT2D eigenvalue weighted by Gasteiger charge is -2.37. The molecule has 0 aromatic heterocycles. The van der Waals surface area contributed by atoms with Crippen LogP contribution in [0.2, 0.25) is 0 Å². The van der Waals surface area contributed by atoms with Crippen LogP contribution < -0.4 is 5.32 Å². The molecule has 19 heavy (non-hydrogen) atoms. The Morgan fingerprint density at radius 1 is 1.42 bits per heavy atom. The topological polar surface area (TPSA) is 66.4 Å². The van der Waals surface area contributed by atoms with Crippen molar-refractivity contribution in [2.45, 2.75) is 63.7 Å². The molecule has 2 N–H and O–H groups in total. The fourth-order valence-electron chi connectivity index (χ4n) is 2.50. The summed E-state index contributed by atoms with van der Waals surface area (Å²) in [4.78, 5) is 23.5. The summed E-state index contributed by atoms with van der Waals surface area (Å²) in [5.74, 6) is -0.405. The molecule has 1 amide bonds. The first-order chi connectivity index (χ1) is 8.65. The molecule has 5 heteroatoms. The van der Waals surface area contributed by atoms with Crippen LogP contribution in [0, 0.1) is 5.92 Å². The number of nitrogens with one attached hydrogen (secondary N) is 1. The van der Waals surface area contributed by atoms with Crippen LogP contribution in [0.15, 0.2) is 0 Å². The Kier molecular flexibility index (Phi) is 5.30. The van der Waals surface area contributed by atoms with Gasteiger partial charge in [0.25, 0.3) is 0 Å². The Hall–Kier alpha value is -0.710. The van der Waals surface area contributed by atoms with Gasteiger partial charge in [0.15, 0.2) is 0 Å². The van der Waals surface area contributed by atoms with Crippen molar-refractivity contribution < 1.29 is 14.7 Å². The zero-order valence-corrected chi connectivity index (χ0v) is 13.1. The standard InChI is InChI=1S/C14H25NO3S/c1-10-6-5-7-14(8-10,12(17)18)15-11(16)9-19-13(2,3)4/h10H,5-9H2,1-4H3,(H,15,16)(H,17,18). The molecule has 0 aromatic rings. The molecule has 2 unspecified atom stereocenters. The van der Waals surface area contributed by atoms with Crippen molar-refractivity contribution >= 4 is 23.6 Å². The van der Waals surface area contributed by atoms with Crippen molar-refractivity contribution in [1.82, 2.24) is 5.32 Å². The highest BCUT2D eigenvalue weighted by Gasteiger charge is 2.43. The summed E-state index contributed by atoms with van der Waals surface area (Å²) >= 11 is 1.54. The first-order valence-electron chi connectivity index (χ1n) is 6.83. The molecule has 1 aliphatic carbocycles. The second kappa shape index (κ2) is 6.16. The van der Waals surface area contributed by atoms with E-state index in [9.17, 15) is 14.7 Å². The Morgan fingerprint density at radius 3 is 2.53 bits per heavy atom. The monoisotopic (exact) mass is 287 g/mol. The molecular weight excluding hydrogens is 262 g/mol. The molecule has 0 bridgehead atoms. The van der Waals surface area contributed by atoms with Crippen LogP contribution >= 0.6 is 11.8 Å². The quantitative estimate of drug-likeness (QED) is 0.834. The number of hydrogen-bond donors (Lipinski definition) is 2. The minimum atomic E-state index is -1.05. The predicted octanol–water partition coefficient (Wildman–Crippen LogP) is 2.67. The minimum absolute atomic E-state index is 0.00752. The lowest BCUT2D eigenvalue weighted by Crippen LogP contribution is -2.57. The van der Waals surface area contributed by atoms with Crippen molar-refractivity contribution in [3.63, 3.8) is 0 Å². The third-order valence-electron chi connectivity index (χ3n) is 3.42. The molecule has 1 aliphatic rings. The van der Waals surface area contributed by atoms with E-state index in [0.717, 1.165) is 12.8 Å². The molecule has 110 valence electrons. The zero-order chi connectivity index (χ0) is 14.7. The molecule has 0 aliphatic heterocycles. The van der Waals surface area contributed by atoms with Crippen LogP contribution in [0.4, 0.5) is 0 Å². The molecule has 1 saturated carbocycles. The lowest BCUT2D eigenvalue weighted by atomic mass is 9.76. The van der Waals surface area contributed by atoms with Crippen LogP contribution in [0.25, 0.3) is 0 Å². The Bertz CT molecular complexity index is 351. The van der Waals surface area contributed by atoms with Crippen molar-refractivity contribution in [2.24, 2.45) is 5.92 Å². The van der Waals surface area contributed by atoms with E-state index in [1.54, 1.807) is 0 Å². The molecule has 0 aromatic carbocycles. The summed E-state index contributed by atoms with van der Waals surface area (Å²) in [6, 6.07) is 0. The second-order valence-electron chi connectivity index (χ2n) is 6.54. The molecule has 2 atom stereocenters. The molecule has 1 rings (SSSR count).